The second kappa shape index (κ2) is 5.75. The van der Waals surface area contributed by atoms with Gasteiger partial charge in [-0.2, -0.15) is 0 Å². The highest BCUT2D eigenvalue weighted by atomic mass is 16.3. The van der Waals surface area contributed by atoms with E-state index in [1.807, 2.05) is 53.1 Å². The standard InChI is InChI=1S/C18H15N5O/c19-16-14(3-1-9-20-16)18-22-17-15(4-2-10-21-17)23(18)13-7-5-12(11-24)6-8-13/h1-10,24H,11H2,(H2,19,20). The van der Waals surface area contributed by atoms with Crippen LogP contribution >= 0.6 is 0 Å². The van der Waals surface area contributed by atoms with Gasteiger partial charge < -0.3 is 10.8 Å². The first-order valence-electron chi connectivity index (χ1n) is 7.52. The minimum atomic E-state index is 0.00885. The number of hydrogen-bond acceptors (Lipinski definition) is 5. The summed E-state index contributed by atoms with van der Waals surface area (Å²) in [6, 6.07) is 15.2. The molecule has 0 saturated heterocycles. The van der Waals surface area contributed by atoms with Gasteiger partial charge in [-0.15, -0.1) is 0 Å². The van der Waals surface area contributed by atoms with Crippen molar-refractivity contribution in [3.63, 3.8) is 0 Å². The fourth-order valence-electron chi connectivity index (χ4n) is 2.71. The molecule has 6 nitrogen and oxygen atoms in total. The van der Waals surface area contributed by atoms with Gasteiger partial charge >= 0.3 is 0 Å². The van der Waals surface area contributed by atoms with Crippen LogP contribution in [0.5, 0.6) is 0 Å². The molecule has 0 fully saturated rings. The number of aromatic nitrogens is 4. The van der Waals surface area contributed by atoms with Crippen LogP contribution < -0.4 is 5.73 Å². The highest BCUT2D eigenvalue weighted by Gasteiger charge is 2.17. The molecule has 3 aromatic heterocycles. The minimum Gasteiger partial charge on any atom is -0.392 e. The number of anilines is 1. The molecule has 0 spiro atoms. The number of imidazole rings is 1. The number of aliphatic hydroxyl groups excluding tert-OH is 1. The van der Waals surface area contributed by atoms with Crippen molar-refractivity contribution in [2.24, 2.45) is 0 Å². The monoisotopic (exact) mass is 317 g/mol. The number of hydrogen-bond donors (Lipinski definition) is 2. The lowest BCUT2D eigenvalue weighted by molar-refractivity contribution is 0.282. The van der Waals surface area contributed by atoms with Crippen LogP contribution in [0.2, 0.25) is 0 Å². The molecule has 4 rings (SSSR count). The summed E-state index contributed by atoms with van der Waals surface area (Å²) < 4.78 is 2.00. The van der Waals surface area contributed by atoms with Crippen molar-refractivity contribution in [3.05, 3.63) is 66.5 Å². The van der Waals surface area contributed by atoms with Gasteiger partial charge in [0.2, 0.25) is 0 Å². The van der Waals surface area contributed by atoms with Crippen molar-refractivity contribution in [2.45, 2.75) is 6.61 Å². The van der Waals surface area contributed by atoms with E-state index in [1.54, 1.807) is 12.4 Å². The van der Waals surface area contributed by atoms with Crippen LogP contribution in [0.1, 0.15) is 5.56 Å². The molecule has 0 aliphatic carbocycles. The molecule has 0 aliphatic heterocycles. The Hall–Kier alpha value is -3.25. The predicted molar refractivity (Wildman–Crippen MR) is 92.4 cm³/mol. The second-order valence-corrected chi connectivity index (χ2v) is 5.38. The zero-order valence-electron chi connectivity index (χ0n) is 12.8. The van der Waals surface area contributed by atoms with E-state index in [9.17, 15) is 5.11 Å². The van der Waals surface area contributed by atoms with Crippen molar-refractivity contribution in [3.8, 4) is 17.1 Å². The summed E-state index contributed by atoms with van der Waals surface area (Å²) in [6.07, 6.45) is 3.37. The molecular weight excluding hydrogens is 302 g/mol. The molecule has 118 valence electrons. The number of nitrogen functional groups attached to an aromatic ring is 1. The Balaban J connectivity index is 2.01. The average molecular weight is 317 g/mol. The zero-order chi connectivity index (χ0) is 16.5. The lowest BCUT2D eigenvalue weighted by atomic mass is 10.2. The Bertz CT molecular complexity index is 1010. The number of aliphatic hydroxyl groups is 1. The molecule has 0 aliphatic rings. The summed E-state index contributed by atoms with van der Waals surface area (Å²) in [4.78, 5) is 13.1. The van der Waals surface area contributed by atoms with E-state index in [0.29, 0.717) is 17.3 Å². The van der Waals surface area contributed by atoms with E-state index in [0.717, 1.165) is 22.3 Å². The van der Waals surface area contributed by atoms with Crippen LogP contribution in [0.4, 0.5) is 5.82 Å². The van der Waals surface area contributed by atoms with E-state index in [-0.39, 0.29) is 6.61 Å². The van der Waals surface area contributed by atoms with Gasteiger partial charge in [-0.3, -0.25) is 4.57 Å². The first-order valence-corrected chi connectivity index (χ1v) is 7.52. The van der Waals surface area contributed by atoms with Gasteiger partial charge in [0.05, 0.1) is 17.7 Å². The molecule has 0 radical (unpaired) electrons. The summed E-state index contributed by atoms with van der Waals surface area (Å²) in [7, 11) is 0. The Morgan fingerprint density at radius 1 is 0.958 bits per heavy atom. The summed E-state index contributed by atoms with van der Waals surface area (Å²) in [5.41, 5.74) is 10.1. The summed E-state index contributed by atoms with van der Waals surface area (Å²) in [6.45, 7) is 0.00885. The molecule has 24 heavy (non-hydrogen) atoms. The smallest absolute Gasteiger partial charge is 0.178 e. The predicted octanol–water partition coefficient (Wildman–Crippen LogP) is 2.56. The van der Waals surface area contributed by atoms with Crippen LogP contribution in [0.25, 0.3) is 28.2 Å². The van der Waals surface area contributed by atoms with Gasteiger partial charge in [0.1, 0.15) is 5.82 Å². The zero-order valence-corrected chi connectivity index (χ0v) is 12.8. The second-order valence-electron chi connectivity index (χ2n) is 5.38. The quantitative estimate of drug-likeness (QED) is 0.606. The van der Waals surface area contributed by atoms with Crippen LogP contribution in [0, 0.1) is 0 Å². The highest BCUT2D eigenvalue weighted by Crippen LogP contribution is 2.30. The van der Waals surface area contributed by atoms with Crippen molar-refractivity contribution in [1.29, 1.82) is 0 Å². The number of benzene rings is 1. The molecule has 1 aromatic carbocycles. The molecule has 3 heterocycles. The molecule has 3 N–H and O–H groups in total. The minimum absolute atomic E-state index is 0.00885. The third-order valence-electron chi connectivity index (χ3n) is 3.89. The number of nitrogens with two attached hydrogens (primary N) is 1. The van der Waals surface area contributed by atoms with E-state index >= 15 is 0 Å². The van der Waals surface area contributed by atoms with Crippen molar-refractivity contribution in [1.82, 2.24) is 19.5 Å². The molecule has 0 saturated carbocycles. The van der Waals surface area contributed by atoms with Gasteiger partial charge in [-0.25, -0.2) is 15.0 Å². The molecule has 4 aromatic rings. The molecule has 0 unspecified atom stereocenters. The van der Waals surface area contributed by atoms with E-state index in [4.69, 9.17) is 5.73 Å². The number of fused-ring (bicyclic) bond motifs is 1. The first kappa shape index (κ1) is 14.3. The molecule has 6 heteroatoms. The van der Waals surface area contributed by atoms with Crippen molar-refractivity contribution < 1.29 is 5.11 Å². The number of nitrogens with zero attached hydrogens (tertiary/aromatic N) is 4. The topological polar surface area (TPSA) is 89.9 Å². The first-order chi connectivity index (χ1) is 11.8. The lowest BCUT2D eigenvalue weighted by Crippen LogP contribution is -2.01. The van der Waals surface area contributed by atoms with Crippen LogP contribution in [-0.2, 0) is 6.61 Å². The van der Waals surface area contributed by atoms with Gasteiger partial charge in [0, 0.05) is 18.1 Å². The van der Waals surface area contributed by atoms with Gasteiger partial charge in [-0.05, 0) is 42.0 Å². The maximum atomic E-state index is 9.25. The Labute approximate surface area is 138 Å². The maximum Gasteiger partial charge on any atom is 0.178 e. The van der Waals surface area contributed by atoms with Crippen LogP contribution in [0.3, 0.4) is 0 Å². The normalized spacial score (nSPS) is 11.0. The largest absolute Gasteiger partial charge is 0.392 e. The average Bonchev–Trinajstić information content (AvgIpc) is 3.01. The third kappa shape index (κ3) is 2.29. The Morgan fingerprint density at radius 2 is 1.71 bits per heavy atom. The third-order valence-corrected chi connectivity index (χ3v) is 3.89. The lowest BCUT2D eigenvalue weighted by Gasteiger charge is -2.11. The summed E-state index contributed by atoms with van der Waals surface area (Å²) >= 11 is 0. The molecule has 0 atom stereocenters. The van der Waals surface area contributed by atoms with Crippen molar-refractivity contribution >= 4 is 17.0 Å². The van der Waals surface area contributed by atoms with Gasteiger partial charge in [0.25, 0.3) is 0 Å². The summed E-state index contributed by atoms with van der Waals surface area (Å²) in [5.74, 6) is 1.10. The molecule has 0 amide bonds. The maximum absolute atomic E-state index is 9.25. The van der Waals surface area contributed by atoms with Crippen molar-refractivity contribution in [2.75, 3.05) is 5.73 Å². The van der Waals surface area contributed by atoms with Gasteiger partial charge in [-0.1, -0.05) is 12.1 Å². The Kier molecular flexibility index (Phi) is 3.44. The van der Waals surface area contributed by atoms with Gasteiger partial charge in [0.15, 0.2) is 11.5 Å². The highest BCUT2D eigenvalue weighted by molar-refractivity contribution is 5.82. The van der Waals surface area contributed by atoms with E-state index in [1.165, 1.54) is 0 Å². The summed E-state index contributed by atoms with van der Waals surface area (Å²) in [5, 5.41) is 9.25. The van der Waals surface area contributed by atoms with Crippen LogP contribution in [0.15, 0.2) is 60.9 Å². The fraction of sp³-hybridized carbons (Fsp3) is 0.0556. The Morgan fingerprint density at radius 3 is 2.46 bits per heavy atom. The number of pyridine rings is 2. The fourth-order valence-corrected chi connectivity index (χ4v) is 2.71. The number of rotatable bonds is 3. The molecule has 0 bridgehead atoms. The molecular formula is C18H15N5O. The SMILES string of the molecule is Nc1ncccc1-c1nc2ncccc2n1-c1ccc(CO)cc1. The van der Waals surface area contributed by atoms with E-state index < -0.39 is 0 Å². The van der Waals surface area contributed by atoms with Crippen LogP contribution in [-0.4, -0.2) is 24.6 Å². The van der Waals surface area contributed by atoms with E-state index in [2.05, 4.69) is 15.0 Å².